The molecule has 2 heteroatoms. The van der Waals surface area contributed by atoms with Crippen LogP contribution in [0.1, 0.15) is 6.42 Å². The normalized spacial score (nSPS) is 27.3. The predicted molar refractivity (Wildman–Crippen MR) is 24.7 cm³/mol. The molecule has 0 N–H and O–H groups in total. The van der Waals surface area contributed by atoms with E-state index in [1.807, 2.05) is 0 Å². The molecule has 0 bridgehead atoms. The molecule has 7 heavy (non-hydrogen) atoms. The average molecular weight is 99.1 g/mol. The fourth-order valence-corrected chi connectivity index (χ4v) is 0.395. The maximum absolute atomic E-state index is 10.4. The number of epoxide rings is 1. The van der Waals surface area contributed by atoms with Crippen LogP contribution < -0.4 is 0 Å². The highest BCUT2D eigenvalue weighted by molar-refractivity contribution is 5.85. The van der Waals surface area contributed by atoms with E-state index >= 15 is 0 Å². The number of Topliss-reactive ketones (excluding diaryl/α,β-unsaturated/α-hetero) is 1. The Morgan fingerprint density at radius 2 is 2.57 bits per heavy atom. The highest BCUT2D eigenvalue weighted by atomic mass is 16.6. The molecule has 0 saturated carbocycles. The Morgan fingerprint density at radius 1 is 2.00 bits per heavy atom. The average Bonchev–Trinajstić information content (AvgIpc) is 2.44. The smallest absolute Gasteiger partial charge is 0.163 e. The Balaban J connectivity index is 2.24. The largest absolute Gasteiger partial charge is 0.365 e. The van der Waals surface area contributed by atoms with Gasteiger partial charge in [-0.1, -0.05) is 0 Å². The van der Waals surface area contributed by atoms with Crippen LogP contribution in [0.15, 0.2) is 0 Å². The summed E-state index contributed by atoms with van der Waals surface area (Å²) < 4.78 is 4.67. The second kappa shape index (κ2) is 1.62. The number of ether oxygens (including phenoxy) is 1. The topological polar surface area (TPSA) is 29.6 Å². The van der Waals surface area contributed by atoms with Crippen molar-refractivity contribution in [2.24, 2.45) is 0 Å². The van der Waals surface area contributed by atoms with E-state index in [1.54, 1.807) is 0 Å². The van der Waals surface area contributed by atoms with Crippen LogP contribution in [0.2, 0.25) is 0 Å². The Hall–Kier alpha value is -0.370. The fourth-order valence-electron chi connectivity index (χ4n) is 0.395. The number of carbonyl (C=O) groups excluding carboxylic acids is 1. The fraction of sp³-hybridized carbons (Fsp3) is 0.600. The third-order valence-electron chi connectivity index (χ3n) is 0.939. The summed E-state index contributed by atoms with van der Waals surface area (Å²) in [7, 11) is 0. The van der Waals surface area contributed by atoms with E-state index in [1.165, 1.54) is 0 Å². The number of ketones is 1. The van der Waals surface area contributed by atoms with Gasteiger partial charge in [0.2, 0.25) is 0 Å². The number of hydrogen-bond acceptors (Lipinski definition) is 2. The number of hydrogen-bond donors (Lipinski definition) is 0. The van der Waals surface area contributed by atoms with E-state index in [9.17, 15) is 4.79 Å². The lowest BCUT2D eigenvalue weighted by atomic mass is 10.2. The molecule has 0 aromatic carbocycles. The van der Waals surface area contributed by atoms with Gasteiger partial charge in [0.05, 0.1) is 6.61 Å². The molecule has 0 spiro atoms. The zero-order valence-corrected chi connectivity index (χ0v) is 4.02. The second-order valence-electron chi connectivity index (χ2n) is 1.54. The van der Waals surface area contributed by atoms with Gasteiger partial charge in [-0.05, 0) is 6.92 Å². The van der Waals surface area contributed by atoms with Crippen molar-refractivity contribution >= 4 is 5.78 Å². The van der Waals surface area contributed by atoms with Crippen molar-refractivity contribution in [1.82, 2.24) is 0 Å². The summed E-state index contributed by atoms with van der Waals surface area (Å²) in [5.74, 6) is 0.125. The summed E-state index contributed by atoms with van der Waals surface area (Å²) >= 11 is 0. The third-order valence-corrected chi connectivity index (χ3v) is 0.939. The minimum absolute atomic E-state index is 0.0856. The molecule has 1 aliphatic rings. The summed E-state index contributed by atoms with van der Waals surface area (Å²) in [6.07, 6.45) is 0.280. The van der Waals surface area contributed by atoms with Gasteiger partial charge in [-0.3, -0.25) is 4.79 Å². The van der Waals surface area contributed by atoms with Gasteiger partial charge in [0.1, 0.15) is 6.10 Å². The van der Waals surface area contributed by atoms with Crippen molar-refractivity contribution in [2.75, 3.05) is 6.61 Å². The SMILES string of the molecule is [CH2]CC(=O)C1CO1. The lowest BCUT2D eigenvalue weighted by molar-refractivity contribution is -0.119. The molecule has 1 fully saturated rings. The first-order valence-electron chi connectivity index (χ1n) is 2.28. The second-order valence-corrected chi connectivity index (χ2v) is 1.54. The first-order valence-corrected chi connectivity index (χ1v) is 2.28. The van der Waals surface area contributed by atoms with E-state index in [2.05, 4.69) is 11.7 Å². The highest BCUT2D eigenvalue weighted by Gasteiger charge is 2.28. The van der Waals surface area contributed by atoms with E-state index in [4.69, 9.17) is 0 Å². The highest BCUT2D eigenvalue weighted by Crippen LogP contribution is 2.10. The van der Waals surface area contributed by atoms with Gasteiger partial charge in [0, 0.05) is 6.42 Å². The molecule has 0 aromatic heterocycles. The Kier molecular flexibility index (Phi) is 1.11. The molecule has 2 nitrogen and oxygen atoms in total. The molecule has 1 rings (SSSR count). The molecule has 1 radical (unpaired) electrons. The predicted octanol–water partition coefficient (Wildman–Crippen LogP) is 0.178. The van der Waals surface area contributed by atoms with Crippen molar-refractivity contribution in [3.05, 3.63) is 6.92 Å². The molecule has 0 amide bonds. The molecule has 1 atom stereocenters. The van der Waals surface area contributed by atoms with Crippen LogP contribution in [0.4, 0.5) is 0 Å². The van der Waals surface area contributed by atoms with Crippen molar-refractivity contribution < 1.29 is 9.53 Å². The van der Waals surface area contributed by atoms with E-state index < -0.39 is 0 Å². The summed E-state index contributed by atoms with van der Waals surface area (Å²) in [6.45, 7) is 4.04. The Bertz CT molecular complexity index is 84.1. The number of carbonyl (C=O) groups is 1. The summed E-state index contributed by atoms with van der Waals surface area (Å²) in [6, 6.07) is 0. The molecule has 1 unspecified atom stereocenters. The van der Waals surface area contributed by atoms with Gasteiger partial charge in [-0.25, -0.2) is 0 Å². The van der Waals surface area contributed by atoms with Gasteiger partial charge >= 0.3 is 0 Å². The maximum Gasteiger partial charge on any atom is 0.163 e. The molecule has 0 aromatic rings. The van der Waals surface area contributed by atoms with E-state index in [0.717, 1.165) is 0 Å². The molecule has 1 saturated heterocycles. The minimum Gasteiger partial charge on any atom is -0.365 e. The third kappa shape index (κ3) is 0.996. The molecular formula is C5H7O2. The first-order chi connectivity index (χ1) is 3.34. The van der Waals surface area contributed by atoms with E-state index in [-0.39, 0.29) is 11.9 Å². The van der Waals surface area contributed by atoms with Crippen molar-refractivity contribution in [3.63, 3.8) is 0 Å². The van der Waals surface area contributed by atoms with Crippen molar-refractivity contribution in [2.45, 2.75) is 12.5 Å². The minimum atomic E-state index is -0.0856. The molecule has 1 aliphatic heterocycles. The van der Waals surface area contributed by atoms with Crippen LogP contribution in [0.5, 0.6) is 0 Å². The number of rotatable bonds is 2. The summed E-state index contributed by atoms with van der Waals surface area (Å²) in [5.41, 5.74) is 0. The van der Waals surface area contributed by atoms with Gasteiger partial charge < -0.3 is 4.74 Å². The quantitative estimate of drug-likeness (QED) is 0.462. The monoisotopic (exact) mass is 99.0 g/mol. The van der Waals surface area contributed by atoms with Crippen molar-refractivity contribution in [3.8, 4) is 0 Å². The molecular weight excluding hydrogens is 92.1 g/mol. The molecule has 1 heterocycles. The first kappa shape index (κ1) is 4.78. The van der Waals surface area contributed by atoms with Gasteiger partial charge in [-0.15, -0.1) is 0 Å². The maximum atomic E-state index is 10.4. The Morgan fingerprint density at radius 3 is 2.71 bits per heavy atom. The zero-order chi connectivity index (χ0) is 5.28. The standard InChI is InChI=1S/C5H7O2/c1-2-4(6)5-3-7-5/h5H,1-3H2. The van der Waals surface area contributed by atoms with Crippen LogP contribution >= 0.6 is 0 Å². The van der Waals surface area contributed by atoms with E-state index in [0.29, 0.717) is 13.0 Å². The van der Waals surface area contributed by atoms with Crippen LogP contribution in [-0.2, 0) is 9.53 Å². The Labute approximate surface area is 42.5 Å². The van der Waals surface area contributed by atoms with Crippen LogP contribution in [0.3, 0.4) is 0 Å². The lowest BCUT2D eigenvalue weighted by Gasteiger charge is -1.81. The summed E-state index contributed by atoms with van der Waals surface area (Å²) in [4.78, 5) is 10.4. The van der Waals surface area contributed by atoms with Gasteiger partial charge in [0.15, 0.2) is 5.78 Å². The van der Waals surface area contributed by atoms with Gasteiger partial charge in [-0.2, -0.15) is 0 Å². The molecule has 39 valence electrons. The lowest BCUT2D eigenvalue weighted by Crippen LogP contribution is -2.02. The molecule has 0 aliphatic carbocycles. The van der Waals surface area contributed by atoms with Crippen molar-refractivity contribution in [1.29, 1.82) is 0 Å². The zero-order valence-electron chi connectivity index (χ0n) is 4.02. The summed E-state index contributed by atoms with van der Waals surface area (Å²) in [5, 5.41) is 0. The van der Waals surface area contributed by atoms with Crippen LogP contribution in [-0.4, -0.2) is 18.5 Å². The van der Waals surface area contributed by atoms with Crippen LogP contribution in [0.25, 0.3) is 0 Å². The van der Waals surface area contributed by atoms with Gasteiger partial charge in [0.25, 0.3) is 0 Å². The van der Waals surface area contributed by atoms with Crippen LogP contribution in [0, 0.1) is 6.92 Å².